The van der Waals surface area contributed by atoms with E-state index in [0.29, 0.717) is 43.4 Å². The summed E-state index contributed by atoms with van der Waals surface area (Å²) in [5.74, 6) is 1.82. The van der Waals surface area contributed by atoms with Crippen molar-refractivity contribution in [2.75, 3.05) is 19.7 Å². The van der Waals surface area contributed by atoms with Gasteiger partial charge in [0.2, 0.25) is 5.91 Å². The van der Waals surface area contributed by atoms with Gasteiger partial charge in [-0.15, -0.1) is 6.58 Å². The second-order valence-electron chi connectivity index (χ2n) is 6.88. The molecule has 1 aliphatic heterocycles. The molecule has 3 aromatic rings. The van der Waals surface area contributed by atoms with Crippen LogP contribution in [0.15, 0.2) is 61.2 Å². The number of rotatable bonds is 7. The third-order valence-electron chi connectivity index (χ3n) is 5.02. The molecule has 1 atom stereocenters. The monoisotopic (exact) mass is 395 g/mol. The predicted octanol–water partition coefficient (Wildman–Crippen LogP) is 4.27. The largest absolute Gasteiger partial charge is 0.490 e. The van der Waals surface area contributed by atoms with E-state index in [-0.39, 0.29) is 11.8 Å². The summed E-state index contributed by atoms with van der Waals surface area (Å²) in [7, 11) is 0. The van der Waals surface area contributed by atoms with Gasteiger partial charge in [0.05, 0.1) is 22.6 Å². The molecule has 0 aliphatic carbocycles. The molecule has 144 valence electrons. The van der Waals surface area contributed by atoms with Gasteiger partial charge in [-0.25, -0.2) is 4.98 Å². The second-order valence-corrected chi connectivity index (χ2v) is 7.28. The number of carbonyl (C=O) groups excluding carboxylic acids is 1. The Bertz CT molecular complexity index is 1010. The first kappa shape index (κ1) is 18.6. The van der Waals surface area contributed by atoms with E-state index < -0.39 is 0 Å². The summed E-state index contributed by atoms with van der Waals surface area (Å²) in [6.45, 7) is 6.08. The van der Waals surface area contributed by atoms with Gasteiger partial charge in [0.25, 0.3) is 0 Å². The van der Waals surface area contributed by atoms with Crippen LogP contribution >= 0.6 is 11.6 Å². The molecule has 1 aromatic heterocycles. The molecule has 1 aliphatic rings. The number of fused-ring (bicyclic) bond motifs is 1. The Kier molecular flexibility index (Phi) is 5.35. The number of hydrogen-bond donors (Lipinski definition) is 0. The van der Waals surface area contributed by atoms with Crippen molar-refractivity contribution in [1.29, 1.82) is 0 Å². The van der Waals surface area contributed by atoms with Gasteiger partial charge in [-0.2, -0.15) is 0 Å². The van der Waals surface area contributed by atoms with Crippen molar-refractivity contribution >= 4 is 28.5 Å². The maximum atomic E-state index is 12.3. The number of halogens is 1. The zero-order chi connectivity index (χ0) is 19.5. The number of nitrogens with zero attached hydrogens (tertiary/aromatic N) is 3. The number of carbonyl (C=O) groups is 1. The first-order valence-electron chi connectivity index (χ1n) is 9.38. The number of amides is 1. The van der Waals surface area contributed by atoms with Crippen molar-refractivity contribution in [3.8, 4) is 5.75 Å². The average molecular weight is 396 g/mol. The maximum absolute atomic E-state index is 12.3. The Morgan fingerprint density at radius 2 is 2.00 bits per heavy atom. The van der Waals surface area contributed by atoms with Crippen LogP contribution in [0.2, 0.25) is 5.02 Å². The fourth-order valence-corrected chi connectivity index (χ4v) is 3.92. The Balaban J connectivity index is 1.58. The van der Waals surface area contributed by atoms with E-state index in [0.717, 1.165) is 16.9 Å². The van der Waals surface area contributed by atoms with Gasteiger partial charge in [0, 0.05) is 25.4 Å². The highest BCUT2D eigenvalue weighted by Crippen LogP contribution is 2.30. The first-order chi connectivity index (χ1) is 13.7. The van der Waals surface area contributed by atoms with Crippen LogP contribution in [0.25, 0.3) is 11.0 Å². The number of hydrogen-bond acceptors (Lipinski definition) is 3. The normalized spacial score (nSPS) is 16.7. The lowest BCUT2D eigenvalue weighted by atomic mass is 10.1. The Morgan fingerprint density at radius 3 is 2.82 bits per heavy atom. The molecule has 5 nitrogen and oxygen atoms in total. The van der Waals surface area contributed by atoms with Gasteiger partial charge in [-0.05, 0) is 24.3 Å². The Labute approximate surface area is 169 Å². The molecular weight excluding hydrogens is 374 g/mol. The van der Waals surface area contributed by atoms with E-state index in [1.165, 1.54) is 0 Å². The summed E-state index contributed by atoms with van der Waals surface area (Å²) in [4.78, 5) is 19.0. The molecule has 1 unspecified atom stereocenters. The molecular formula is C22H22ClN3O2. The van der Waals surface area contributed by atoms with Crippen LogP contribution in [0, 0.1) is 0 Å². The van der Waals surface area contributed by atoms with Crippen molar-refractivity contribution in [3.63, 3.8) is 0 Å². The van der Waals surface area contributed by atoms with E-state index in [1.54, 1.807) is 6.08 Å². The number of imidazole rings is 1. The summed E-state index contributed by atoms with van der Waals surface area (Å²) in [5, 5.41) is 0.597. The molecule has 1 saturated heterocycles. The standard InChI is InChI=1S/C22H22ClN3O2/c1-2-11-25-15-16(14-21(25)27)22-24-18-8-4-5-9-19(18)26(22)12-13-28-20-10-6-3-7-17(20)23/h2-10,16H,1,11-15H2. The third-order valence-corrected chi connectivity index (χ3v) is 5.33. The fourth-order valence-electron chi connectivity index (χ4n) is 3.73. The lowest BCUT2D eigenvalue weighted by Gasteiger charge is -2.16. The summed E-state index contributed by atoms with van der Waals surface area (Å²) in [6, 6.07) is 15.5. The highest BCUT2D eigenvalue weighted by Gasteiger charge is 2.33. The Hall–Kier alpha value is -2.79. The summed E-state index contributed by atoms with van der Waals surface area (Å²) >= 11 is 6.18. The number of likely N-dealkylation sites (tertiary alicyclic amines) is 1. The molecule has 0 bridgehead atoms. The van der Waals surface area contributed by atoms with Gasteiger partial charge in [0.15, 0.2) is 0 Å². The van der Waals surface area contributed by atoms with Crippen LogP contribution < -0.4 is 4.74 Å². The van der Waals surface area contributed by atoms with E-state index >= 15 is 0 Å². The van der Waals surface area contributed by atoms with Gasteiger partial charge >= 0.3 is 0 Å². The van der Waals surface area contributed by atoms with Crippen LogP contribution in [0.5, 0.6) is 5.75 Å². The molecule has 0 spiro atoms. The van der Waals surface area contributed by atoms with Crippen molar-refractivity contribution in [2.45, 2.75) is 18.9 Å². The molecule has 0 N–H and O–H groups in total. The SMILES string of the molecule is C=CCN1CC(c2nc3ccccc3n2CCOc2ccccc2Cl)CC1=O. The smallest absolute Gasteiger partial charge is 0.223 e. The van der Waals surface area contributed by atoms with Crippen LogP contribution in [-0.4, -0.2) is 40.1 Å². The number of aromatic nitrogens is 2. The van der Waals surface area contributed by atoms with Crippen molar-refractivity contribution < 1.29 is 9.53 Å². The van der Waals surface area contributed by atoms with E-state index in [1.807, 2.05) is 47.4 Å². The summed E-state index contributed by atoms with van der Waals surface area (Å²) < 4.78 is 8.05. The lowest BCUT2D eigenvalue weighted by molar-refractivity contribution is -0.127. The van der Waals surface area contributed by atoms with Gasteiger partial charge in [0.1, 0.15) is 18.2 Å². The molecule has 1 amide bonds. The van der Waals surface area contributed by atoms with E-state index in [2.05, 4.69) is 17.2 Å². The molecule has 6 heteroatoms. The highest BCUT2D eigenvalue weighted by atomic mass is 35.5. The molecule has 0 saturated carbocycles. The summed E-state index contributed by atoms with van der Waals surface area (Å²) in [6.07, 6.45) is 2.24. The number of ether oxygens (including phenoxy) is 1. The maximum Gasteiger partial charge on any atom is 0.223 e. The van der Waals surface area contributed by atoms with Gasteiger partial charge < -0.3 is 14.2 Å². The second kappa shape index (κ2) is 8.07. The van der Waals surface area contributed by atoms with Gasteiger partial charge in [-0.1, -0.05) is 41.9 Å². The minimum Gasteiger partial charge on any atom is -0.490 e. The van der Waals surface area contributed by atoms with Crippen molar-refractivity contribution in [2.24, 2.45) is 0 Å². The molecule has 1 fully saturated rings. The number of benzene rings is 2. The van der Waals surface area contributed by atoms with Crippen LogP contribution in [0.1, 0.15) is 18.2 Å². The minimum absolute atomic E-state index is 0.0696. The average Bonchev–Trinajstić information content (AvgIpc) is 3.24. The molecule has 28 heavy (non-hydrogen) atoms. The van der Waals surface area contributed by atoms with Crippen LogP contribution in [0.3, 0.4) is 0 Å². The zero-order valence-corrected chi connectivity index (χ0v) is 16.3. The van der Waals surface area contributed by atoms with Crippen molar-refractivity contribution in [1.82, 2.24) is 14.5 Å². The zero-order valence-electron chi connectivity index (χ0n) is 15.6. The van der Waals surface area contributed by atoms with E-state index in [9.17, 15) is 4.79 Å². The molecule has 2 aromatic carbocycles. The highest BCUT2D eigenvalue weighted by molar-refractivity contribution is 6.32. The summed E-state index contributed by atoms with van der Waals surface area (Å²) in [5.41, 5.74) is 1.99. The molecule has 0 radical (unpaired) electrons. The van der Waals surface area contributed by atoms with Crippen LogP contribution in [-0.2, 0) is 11.3 Å². The molecule has 4 rings (SSSR count). The Morgan fingerprint density at radius 1 is 1.21 bits per heavy atom. The quantitative estimate of drug-likeness (QED) is 0.561. The van der Waals surface area contributed by atoms with Crippen LogP contribution in [0.4, 0.5) is 0 Å². The fraction of sp³-hybridized carbons (Fsp3) is 0.273. The predicted molar refractivity (Wildman–Crippen MR) is 111 cm³/mol. The lowest BCUT2D eigenvalue weighted by Crippen LogP contribution is -2.25. The minimum atomic E-state index is 0.0696. The number of para-hydroxylation sites is 3. The van der Waals surface area contributed by atoms with E-state index in [4.69, 9.17) is 21.3 Å². The van der Waals surface area contributed by atoms with Gasteiger partial charge in [-0.3, -0.25) is 4.79 Å². The topological polar surface area (TPSA) is 47.4 Å². The molecule has 2 heterocycles. The third kappa shape index (κ3) is 3.62. The van der Waals surface area contributed by atoms with Crippen molar-refractivity contribution in [3.05, 3.63) is 72.0 Å². The first-order valence-corrected chi connectivity index (χ1v) is 9.76.